The van der Waals surface area contributed by atoms with Gasteiger partial charge in [-0.1, -0.05) is 6.07 Å². The Balaban J connectivity index is 2.16. The van der Waals surface area contributed by atoms with Crippen LogP contribution in [0, 0.1) is 0 Å². The minimum absolute atomic E-state index is 0.182. The van der Waals surface area contributed by atoms with Gasteiger partial charge in [0.15, 0.2) is 0 Å². The lowest BCUT2D eigenvalue weighted by atomic mass is 9.91. The lowest BCUT2D eigenvalue weighted by Crippen LogP contribution is -2.19. The van der Waals surface area contributed by atoms with Crippen molar-refractivity contribution in [3.05, 3.63) is 23.3 Å². The summed E-state index contributed by atoms with van der Waals surface area (Å²) in [4.78, 5) is 13.7. The number of fused-ring (bicyclic) bond motifs is 3. The minimum atomic E-state index is -0.719. The Hall–Kier alpha value is -1.71. The van der Waals surface area contributed by atoms with Gasteiger partial charge in [0.25, 0.3) is 0 Å². The molecule has 0 saturated carbocycles. The Bertz CT molecular complexity index is 526. The van der Waals surface area contributed by atoms with Gasteiger partial charge in [0.05, 0.1) is 5.92 Å². The van der Waals surface area contributed by atoms with Crippen LogP contribution in [0.2, 0.25) is 0 Å². The number of anilines is 1. The smallest absolute Gasteiger partial charge is 0.311 e. The summed E-state index contributed by atoms with van der Waals surface area (Å²) >= 11 is 0. The number of carbonyl (C=O) groups is 1. The Morgan fingerprint density at radius 2 is 2.26 bits per heavy atom. The summed E-state index contributed by atoms with van der Waals surface area (Å²) in [6.07, 6.45) is 2.67. The molecule has 0 aliphatic carbocycles. The number of nitrogens with zero attached hydrogens (tertiary/aromatic N) is 1. The van der Waals surface area contributed by atoms with Crippen molar-refractivity contribution in [2.24, 2.45) is 0 Å². The molecule has 0 radical (unpaired) electrons. The molecule has 1 aromatic carbocycles. The molecule has 0 spiro atoms. The Labute approximate surface area is 113 Å². The van der Waals surface area contributed by atoms with Crippen molar-refractivity contribution in [1.29, 1.82) is 0 Å². The van der Waals surface area contributed by atoms with E-state index in [0.29, 0.717) is 6.42 Å². The van der Waals surface area contributed by atoms with E-state index in [4.69, 9.17) is 4.74 Å². The fraction of sp³-hybridized carbons (Fsp3) is 0.533. The fourth-order valence-corrected chi connectivity index (χ4v) is 3.28. The largest absolute Gasteiger partial charge is 0.490 e. The molecule has 2 atom stereocenters. The molecule has 0 fully saturated rings. The average molecular weight is 261 g/mol. The van der Waals surface area contributed by atoms with E-state index in [1.165, 1.54) is 5.56 Å². The SMILES string of the molecule is CC1Cc2c(ccc3c2N(C)CCCC3C(=O)O)O1. The third kappa shape index (κ3) is 1.95. The number of carboxylic acid groups (broad SMARTS) is 1. The predicted octanol–water partition coefficient (Wildman–Crippen LogP) is 2.41. The summed E-state index contributed by atoms with van der Waals surface area (Å²) in [5.41, 5.74) is 3.22. The van der Waals surface area contributed by atoms with Gasteiger partial charge in [-0.25, -0.2) is 0 Å². The van der Waals surface area contributed by atoms with E-state index < -0.39 is 5.97 Å². The Kier molecular flexibility index (Phi) is 2.88. The predicted molar refractivity (Wildman–Crippen MR) is 73.1 cm³/mol. The van der Waals surface area contributed by atoms with Crippen LogP contribution in [0.25, 0.3) is 0 Å². The van der Waals surface area contributed by atoms with Crippen LogP contribution < -0.4 is 9.64 Å². The molecule has 0 bridgehead atoms. The molecule has 19 heavy (non-hydrogen) atoms. The summed E-state index contributed by atoms with van der Waals surface area (Å²) in [7, 11) is 2.05. The highest BCUT2D eigenvalue weighted by Crippen LogP contribution is 2.43. The second-order valence-corrected chi connectivity index (χ2v) is 5.57. The number of rotatable bonds is 1. The molecule has 1 N–H and O–H groups in total. The molecule has 2 unspecified atom stereocenters. The molecule has 2 aliphatic rings. The molecule has 0 saturated heterocycles. The highest BCUT2D eigenvalue weighted by Gasteiger charge is 2.32. The normalized spacial score (nSPS) is 25.3. The lowest BCUT2D eigenvalue weighted by molar-refractivity contribution is -0.138. The summed E-state index contributed by atoms with van der Waals surface area (Å²) < 4.78 is 5.78. The van der Waals surface area contributed by atoms with Crippen LogP contribution in [-0.2, 0) is 11.2 Å². The average Bonchev–Trinajstić information content (AvgIpc) is 2.63. The number of carboxylic acids is 1. The zero-order valence-corrected chi connectivity index (χ0v) is 11.3. The summed E-state index contributed by atoms with van der Waals surface area (Å²) in [5, 5.41) is 9.45. The summed E-state index contributed by atoms with van der Waals surface area (Å²) in [6, 6.07) is 3.87. The quantitative estimate of drug-likeness (QED) is 0.843. The molecular weight excluding hydrogens is 242 g/mol. The molecular formula is C15H19NO3. The summed E-state index contributed by atoms with van der Waals surface area (Å²) in [6.45, 7) is 2.96. The number of aliphatic carboxylic acids is 1. The first kappa shape index (κ1) is 12.3. The maximum absolute atomic E-state index is 11.5. The van der Waals surface area contributed by atoms with Crippen LogP contribution in [0.5, 0.6) is 5.75 Å². The molecule has 102 valence electrons. The van der Waals surface area contributed by atoms with Gasteiger partial charge in [-0.15, -0.1) is 0 Å². The van der Waals surface area contributed by atoms with Crippen molar-refractivity contribution in [2.75, 3.05) is 18.5 Å². The monoisotopic (exact) mass is 261 g/mol. The van der Waals surface area contributed by atoms with Crippen LogP contribution in [-0.4, -0.2) is 30.8 Å². The van der Waals surface area contributed by atoms with Crippen LogP contribution in [0.15, 0.2) is 12.1 Å². The van der Waals surface area contributed by atoms with Gasteiger partial charge in [-0.05, 0) is 31.4 Å². The molecule has 4 heteroatoms. The van der Waals surface area contributed by atoms with Crippen molar-refractivity contribution in [1.82, 2.24) is 0 Å². The molecule has 0 amide bonds. The van der Waals surface area contributed by atoms with Crippen molar-refractivity contribution >= 4 is 11.7 Å². The lowest BCUT2D eigenvalue weighted by Gasteiger charge is -2.23. The first-order valence-electron chi connectivity index (χ1n) is 6.84. The molecule has 3 rings (SSSR count). The van der Waals surface area contributed by atoms with Gasteiger partial charge in [-0.3, -0.25) is 4.79 Å². The first-order valence-corrected chi connectivity index (χ1v) is 6.84. The second-order valence-electron chi connectivity index (χ2n) is 5.57. The number of hydrogen-bond acceptors (Lipinski definition) is 3. The van der Waals surface area contributed by atoms with Gasteiger partial charge in [0, 0.05) is 31.3 Å². The van der Waals surface area contributed by atoms with E-state index in [-0.39, 0.29) is 12.0 Å². The third-order valence-corrected chi connectivity index (χ3v) is 4.13. The molecule has 2 aliphatic heterocycles. The van der Waals surface area contributed by atoms with Crippen molar-refractivity contribution < 1.29 is 14.6 Å². The maximum atomic E-state index is 11.5. The minimum Gasteiger partial charge on any atom is -0.490 e. The topological polar surface area (TPSA) is 49.8 Å². The number of hydrogen-bond donors (Lipinski definition) is 1. The standard InChI is InChI=1S/C15H19NO3/c1-9-8-12-13(19-9)6-5-10-11(15(17)18)4-3-7-16(2)14(10)12/h5-6,9,11H,3-4,7-8H2,1-2H3,(H,17,18). The maximum Gasteiger partial charge on any atom is 0.311 e. The number of benzene rings is 1. The van der Waals surface area contributed by atoms with E-state index in [9.17, 15) is 9.90 Å². The zero-order chi connectivity index (χ0) is 13.6. The molecule has 2 heterocycles. The molecule has 0 aromatic heterocycles. The van der Waals surface area contributed by atoms with Gasteiger partial charge < -0.3 is 14.7 Å². The molecule has 1 aromatic rings. The second kappa shape index (κ2) is 4.44. The van der Waals surface area contributed by atoms with Crippen LogP contribution >= 0.6 is 0 Å². The highest BCUT2D eigenvalue weighted by molar-refractivity contribution is 5.81. The van der Waals surface area contributed by atoms with E-state index in [1.54, 1.807) is 0 Å². The van der Waals surface area contributed by atoms with Gasteiger partial charge in [0.1, 0.15) is 11.9 Å². The Morgan fingerprint density at radius 1 is 1.47 bits per heavy atom. The van der Waals surface area contributed by atoms with E-state index in [1.807, 2.05) is 19.2 Å². The van der Waals surface area contributed by atoms with Crippen molar-refractivity contribution in [3.8, 4) is 5.75 Å². The van der Waals surface area contributed by atoms with Crippen LogP contribution in [0.4, 0.5) is 5.69 Å². The van der Waals surface area contributed by atoms with E-state index in [2.05, 4.69) is 11.8 Å². The molecule has 4 nitrogen and oxygen atoms in total. The van der Waals surface area contributed by atoms with Gasteiger partial charge in [-0.2, -0.15) is 0 Å². The number of ether oxygens (including phenoxy) is 1. The zero-order valence-electron chi connectivity index (χ0n) is 11.3. The third-order valence-electron chi connectivity index (χ3n) is 4.13. The fourth-order valence-electron chi connectivity index (χ4n) is 3.28. The van der Waals surface area contributed by atoms with Crippen LogP contribution in [0.1, 0.15) is 36.8 Å². The van der Waals surface area contributed by atoms with Crippen molar-refractivity contribution in [2.45, 2.75) is 38.2 Å². The first-order chi connectivity index (χ1) is 9.08. The summed E-state index contributed by atoms with van der Waals surface area (Å²) in [5.74, 6) is -0.186. The van der Waals surface area contributed by atoms with Gasteiger partial charge in [0.2, 0.25) is 0 Å². The van der Waals surface area contributed by atoms with Crippen LogP contribution in [0.3, 0.4) is 0 Å². The highest BCUT2D eigenvalue weighted by atomic mass is 16.5. The Morgan fingerprint density at radius 3 is 3.00 bits per heavy atom. The van der Waals surface area contributed by atoms with Crippen molar-refractivity contribution in [3.63, 3.8) is 0 Å². The van der Waals surface area contributed by atoms with Gasteiger partial charge >= 0.3 is 5.97 Å². The van der Waals surface area contributed by atoms with E-state index >= 15 is 0 Å². The van der Waals surface area contributed by atoms with E-state index in [0.717, 1.165) is 36.4 Å².